The predicted molar refractivity (Wildman–Crippen MR) is 105 cm³/mol. The normalized spacial score (nSPS) is 16.1. The summed E-state index contributed by atoms with van der Waals surface area (Å²) in [5, 5.41) is 2.49. The number of rotatable bonds is 6. The van der Waals surface area contributed by atoms with E-state index in [-0.39, 0.29) is 12.1 Å². The molecule has 1 aromatic carbocycles. The van der Waals surface area contributed by atoms with E-state index in [0.29, 0.717) is 17.9 Å². The SMILES string of the molecule is COC(=O)C[C@H](NC(=O)N1CCc2[nH]cnc2[C@H]1c1ccc(OC)cc1F)C(=O)OC. The van der Waals surface area contributed by atoms with Crippen LogP contribution in [-0.4, -0.2) is 66.8 Å². The minimum Gasteiger partial charge on any atom is -0.497 e. The molecular weight excluding hydrogens is 411 g/mol. The van der Waals surface area contributed by atoms with Crippen molar-refractivity contribution in [2.45, 2.75) is 24.9 Å². The summed E-state index contributed by atoms with van der Waals surface area (Å²) in [6.45, 7) is 0.225. The number of nitrogens with zero attached hydrogens (tertiary/aromatic N) is 2. The van der Waals surface area contributed by atoms with E-state index in [9.17, 15) is 18.8 Å². The number of hydrogen-bond acceptors (Lipinski definition) is 7. The van der Waals surface area contributed by atoms with Gasteiger partial charge in [0.15, 0.2) is 0 Å². The van der Waals surface area contributed by atoms with E-state index in [0.717, 1.165) is 12.8 Å². The topological polar surface area (TPSA) is 123 Å². The molecule has 31 heavy (non-hydrogen) atoms. The number of carbonyl (C=O) groups is 3. The van der Waals surface area contributed by atoms with Crippen LogP contribution in [0.2, 0.25) is 0 Å². The van der Waals surface area contributed by atoms with Crippen LogP contribution in [0.5, 0.6) is 5.75 Å². The lowest BCUT2D eigenvalue weighted by molar-refractivity contribution is -0.149. The molecule has 0 aliphatic carbocycles. The average Bonchev–Trinajstić information content (AvgIpc) is 3.26. The van der Waals surface area contributed by atoms with Crippen molar-refractivity contribution < 1.29 is 33.0 Å². The number of imidazole rings is 1. The lowest BCUT2D eigenvalue weighted by Gasteiger charge is -2.36. The first-order chi connectivity index (χ1) is 14.9. The van der Waals surface area contributed by atoms with Crippen molar-refractivity contribution in [2.75, 3.05) is 27.9 Å². The molecule has 0 saturated heterocycles. The zero-order valence-corrected chi connectivity index (χ0v) is 17.3. The Bertz CT molecular complexity index is 978. The maximum Gasteiger partial charge on any atom is 0.329 e. The Balaban J connectivity index is 1.93. The molecule has 0 unspecified atom stereocenters. The smallest absolute Gasteiger partial charge is 0.329 e. The minimum absolute atomic E-state index is 0.214. The summed E-state index contributed by atoms with van der Waals surface area (Å²) in [6.07, 6.45) is 1.53. The van der Waals surface area contributed by atoms with Gasteiger partial charge in [-0.3, -0.25) is 4.79 Å². The predicted octanol–water partition coefficient (Wildman–Crippen LogP) is 1.32. The van der Waals surface area contributed by atoms with Gasteiger partial charge in [0, 0.05) is 30.3 Å². The first-order valence-electron chi connectivity index (χ1n) is 9.47. The van der Waals surface area contributed by atoms with Crippen molar-refractivity contribution in [1.29, 1.82) is 0 Å². The molecule has 1 aromatic heterocycles. The average molecular weight is 434 g/mol. The second-order valence-corrected chi connectivity index (χ2v) is 6.81. The quantitative estimate of drug-likeness (QED) is 0.658. The van der Waals surface area contributed by atoms with Crippen molar-refractivity contribution in [3.8, 4) is 5.75 Å². The maximum absolute atomic E-state index is 14.9. The molecule has 2 N–H and O–H groups in total. The Morgan fingerprint density at radius 2 is 2.06 bits per heavy atom. The van der Waals surface area contributed by atoms with Gasteiger partial charge in [-0.05, 0) is 12.1 Å². The Morgan fingerprint density at radius 1 is 1.29 bits per heavy atom. The Labute approximate surface area is 177 Å². The maximum atomic E-state index is 14.9. The summed E-state index contributed by atoms with van der Waals surface area (Å²) < 4.78 is 29.2. The second-order valence-electron chi connectivity index (χ2n) is 6.81. The third-order valence-electron chi connectivity index (χ3n) is 5.07. The van der Waals surface area contributed by atoms with Gasteiger partial charge in [0.2, 0.25) is 0 Å². The highest BCUT2D eigenvalue weighted by Gasteiger charge is 2.37. The summed E-state index contributed by atoms with van der Waals surface area (Å²) >= 11 is 0. The van der Waals surface area contributed by atoms with Gasteiger partial charge >= 0.3 is 18.0 Å². The molecule has 1 aliphatic heterocycles. The number of carbonyl (C=O) groups excluding carboxylic acids is 3. The van der Waals surface area contributed by atoms with E-state index in [2.05, 4.69) is 24.8 Å². The van der Waals surface area contributed by atoms with Gasteiger partial charge < -0.3 is 29.4 Å². The first-order valence-corrected chi connectivity index (χ1v) is 9.47. The Morgan fingerprint density at radius 3 is 2.71 bits per heavy atom. The summed E-state index contributed by atoms with van der Waals surface area (Å²) in [6, 6.07) is 1.55. The van der Waals surface area contributed by atoms with Gasteiger partial charge in [-0.25, -0.2) is 19.0 Å². The number of hydrogen-bond donors (Lipinski definition) is 2. The van der Waals surface area contributed by atoms with E-state index in [1.54, 1.807) is 6.07 Å². The number of urea groups is 1. The summed E-state index contributed by atoms with van der Waals surface area (Å²) in [7, 11) is 3.74. The Hall–Kier alpha value is -3.63. The summed E-state index contributed by atoms with van der Waals surface area (Å²) in [5.74, 6) is -1.73. The number of benzene rings is 1. The van der Waals surface area contributed by atoms with Crippen LogP contribution in [0.25, 0.3) is 0 Å². The standard InChI is InChI=1S/C20H23FN4O6/c1-29-11-4-5-12(13(21)8-11)18-17-14(22-10-23-17)6-7-25(18)20(28)24-15(19(27)31-3)9-16(26)30-2/h4-5,8,10,15,18H,6-7,9H2,1-3H3,(H,22,23)(H,24,28)/t15-,18+/m0/s1. The zero-order valence-electron chi connectivity index (χ0n) is 17.3. The molecule has 0 spiro atoms. The van der Waals surface area contributed by atoms with Gasteiger partial charge in [-0.15, -0.1) is 0 Å². The molecule has 0 radical (unpaired) electrons. The van der Waals surface area contributed by atoms with E-state index in [4.69, 9.17) is 4.74 Å². The molecule has 2 atom stereocenters. The summed E-state index contributed by atoms with van der Waals surface area (Å²) in [5.41, 5.74) is 1.49. The number of aromatic nitrogens is 2. The van der Waals surface area contributed by atoms with Gasteiger partial charge in [0.05, 0.1) is 39.8 Å². The van der Waals surface area contributed by atoms with Crippen molar-refractivity contribution in [3.63, 3.8) is 0 Å². The van der Waals surface area contributed by atoms with Crippen LogP contribution in [0, 0.1) is 5.82 Å². The van der Waals surface area contributed by atoms with E-state index < -0.39 is 42.3 Å². The molecule has 2 amide bonds. The number of H-pyrrole nitrogens is 1. The number of methoxy groups -OCH3 is 3. The number of halogens is 1. The number of fused-ring (bicyclic) bond motifs is 1. The monoisotopic (exact) mass is 434 g/mol. The largest absolute Gasteiger partial charge is 0.497 e. The number of aromatic amines is 1. The lowest BCUT2D eigenvalue weighted by atomic mass is 9.95. The van der Waals surface area contributed by atoms with E-state index in [1.165, 1.54) is 37.6 Å². The van der Waals surface area contributed by atoms with Gasteiger partial charge in [0.1, 0.15) is 23.7 Å². The number of nitrogens with one attached hydrogen (secondary N) is 2. The minimum atomic E-state index is -1.26. The molecule has 1 aliphatic rings. The third-order valence-corrected chi connectivity index (χ3v) is 5.07. The van der Waals surface area contributed by atoms with Crippen molar-refractivity contribution in [1.82, 2.24) is 20.2 Å². The van der Waals surface area contributed by atoms with Crippen molar-refractivity contribution in [3.05, 3.63) is 47.3 Å². The van der Waals surface area contributed by atoms with Crippen LogP contribution in [0.4, 0.5) is 9.18 Å². The fourth-order valence-electron chi connectivity index (χ4n) is 3.48. The van der Waals surface area contributed by atoms with Gasteiger partial charge in [0.25, 0.3) is 0 Å². The van der Waals surface area contributed by atoms with Crippen LogP contribution in [-0.2, 0) is 25.5 Å². The van der Waals surface area contributed by atoms with E-state index in [1.807, 2.05) is 0 Å². The van der Waals surface area contributed by atoms with Crippen molar-refractivity contribution >= 4 is 18.0 Å². The molecule has 0 fully saturated rings. The van der Waals surface area contributed by atoms with Crippen molar-refractivity contribution in [2.24, 2.45) is 0 Å². The second kappa shape index (κ2) is 9.45. The third kappa shape index (κ3) is 4.60. The highest BCUT2D eigenvalue weighted by atomic mass is 19.1. The molecule has 0 bridgehead atoms. The summed E-state index contributed by atoms with van der Waals surface area (Å²) in [4.78, 5) is 45.5. The van der Waals surface area contributed by atoms with Crippen LogP contribution < -0.4 is 10.1 Å². The fraction of sp³-hybridized carbons (Fsp3) is 0.400. The molecule has 2 aromatic rings. The lowest BCUT2D eigenvalue weighted by Crippen LogP contribution is -2.52. The molecule has 0 saturated carbocycles. The van der Waals surface area contributed by atoms with Crippen LogP contribution in [0.3, 0.4) is 0 Å². The van der Waals surface area contributed by atoms with Gasteiger partial charge in [-0.2, -0.15) is 0 Å². The fourth-order valence-corrected chi connectivity index (χ4v) is 3.48. The first kappa shape index (κ1) is 22.1. The number of esters is 2. The molecule has 3 rings (SSSR count). The molecule has 10 nitrogen and oxygen atoms in total. The van der Waals surface area contributed by atoms with Crippen LogP contribution in [0.1, 0.15) is 29.4 Å². The molecule has 166 valence electrons. The van der Waals surface area contributed by atoms with Gasteiger partial charge in [-0.1, -0.05) is 0 Å². The van der Waals surface area contributed by atoms with Crippen LogP contribution in [0.15, 0.2) is 24.5 Å². The highest BCUT2D eigenvalue weighted by Crippen LogP contribution is 2.35. The highest BCUT2D eigenvalue weighted by molar-refractivity contribution is 5.87. The number of ether oxygens (including phenoxy) is 3. The Kier molecular flexibility index (Phi) is 6.73. The number of amides is 2. The molecule has 2 heterocycles. The zero-order chi connectivity index (χ0) is 22.5. The van der Waals surface area contributed by atoms with Crippen LogP contribution >= 0.6 is 0 Å². The van der Waals surface area contributed by atoms with E-state index >= 15 is 0 Å². The molecular formula is C20H23FN4O6. The molecule has 11 heteroatoms.